The third-order valence-electron chi connectivity index (χ3n) is 5.05. The van der Waals surface area contributed by atoms with Gasteiger partial charge in [-0.1, -0.05) is 12.1 Å². The van der Waals surface area contributed by atoms with Gasteiger partial charge in [0, 0.05) is 29.2 Å². The Kier molecular flexibility index (Phi) is 5.38. The molecule has 170 valence electrons. The Morgan fingerprint density at radius 3 is 2.53 bits per heavy atom. The van der Waals surface area contributed by atoms with Crippen molar-refractivity contribution in [2.75, 3.05) is 11.8 Å². The van der Waals surface area contributed by atoms with E-state index in [2.05, 4.69) is 25.0 Å². The lowest BCUT2D eigenvalue weighted by Gasteiger charge is -2.11. The van der Waals surface area contributed by atoms with Crippen molar-refractivity contribution in [3.63, 3.8) is 0 Å². The highest BCUT2D eigenvalue weighted by molar-refractivity contribution is 7.92. The minimum atomic E-state index is -4.03. The molecular formula is C23H17FN6O3S. The molecule has 0 fully saturated rings. The molecule has 0 bridgehead atoms. The molecule has 3 aromatic heterocycles. The summed E-state index contributed by atoms with van der Waals surface area (Å²) < 4.78 is 48.5. The molecule has 3 heterocycles. The Morgan fingerprint density at radius 2 is 1.76 bits per heavy atom. The Morgan fingerprint density at radius 1 is 0.941 bits per heavy atom. The number of halogens is 1. The van der Waals surface area contributed by atoms with Crippen molar-refractivity contribution < 1.29 is 17.5 Å². The summed E-state index contributed by atoms with van der Waals surface area (Å²) in [6.07, 6.45) is 3.31. The van der Waals surface area contributed by atoms with Gasteiger partial charge in [-0.2, -0.15) is 9.61 Å². The van der Waals surface area contributed by atoms with Gasteiger partial charge < -0.3 is 4.74 Å². The topological polar surface area (TPSA) is 111 Å². The van der Waals surface area contributed by atoms with Gasteiger partial charge in [-0.25, -0.2) is 12.8 Å². The second kappa shape index (κ2) is 8.52. The van der Waals surface area contributed by atoms with Gasteiger partial charge in [0.05, 0.1) is 17.7 Å². The van der Waals surface area contributed by atoms with Crippen molar-refractivity contribution in [3.05, 3.63) is 84.9 Å². The van der Waals surface area contributed by atoms with Crippen molar-refractivity contribution in [3.8, 4) is 28.4 Å². The molecular weight excluding hydrogens is 459 g/mol. The van der Waals surface area contributed by atoms with E-state index in [1.165, 1.54) is 19.2 Å². The van der Waals surface area contributed by atoms with Crippen LogP contribution in [0.3, 0.4) is 0 Å². The Balaban J connectivity index is 1.48. The summed E-state index contributed by atoms with van der Waals surface area (Å²) in [5.74, 6) is -0.254. The van der Waals surface area contributed by atoms with Gasteiger partial charge in [-0.15, -0.1) is 10.2 Å². The number of aromatic nitrogens is 5. The van der Waals surface area contributed by atoms with Crippen molar-refractivity contribution in [1.29, 1.82) is 0 Å². The second-order valence-electron chi connectivity index (χ2n) is 7.23. The number of hydrogen-bond acceptors (Lipinski definition) is 7. The zero-order valence-corrected chi connectivity index (χ0v) is 18.6. The first-order valence-electron chi connectivity index (χ1n) is 10.0. The molecule has 0 unspecified atom stereocenters. The van der Waals surface area contributed by atoms with Crippen molar-refractivity contribution in [2.24, 2.45) is 0 Å². The summed E-state index contributed by atoms with van der Waals surface area (Å²) in [4.78, 5) is 3.79. The predicted octanol–water partition coefficient (Wildman–Crippen LogP) is 3.80. The van der Waals surface area contributed by atoms with Crippen molar-refractivity contribution in [2.45, 2.75) is 4.90 Å². The molecule has 0 aliphatic heterocycles. The fraction of sp³-hybridized carbons (Fsp3) is 0.0435. The Hall–Kier alpha value is -4.38. The number of benzene rings is 2. The zero-order valence-electron chi connectivity index (χ0n) is 17.8. The van der Waals surface area contributed by atoms with Crippen LogP contribution in [-0.2, 0) is 10.0 Å². The minimum Gasteiger partial charge on any atom is -0.494 e. The smallest absolute Gasteiger partial charge is 0.262 e. The first kappa shape index (κ1) is 21.5. The number of rotatable bonds is 6. The maximum atomic E-state index is 14.0. The molecule has 9 nitrogen and oxygen atoms in total. The van der Waals surface area contributed by atoms with E-state index in [-0.39, 0.29) is 10.6 Å². The summed E-state index contributed by atoms with van der Waals surface area (Å²) >= 11 is 0. The first-order valence-corrected chi connectivity index (χ1v) is 11.5. The van der Waals surface area contributed by atoms with Gasteiger partial charge in [0.25, 0.3) is 10.0 Å². The summed E-state index contributed by atoms with van der Waals surface area (Å²) in [5, 5.41) is 13.0. The standard InChI is InChI=1S/C23H17FN6O3S/c1-33-21-7-5-18(14-19(21)24)34(31,32)29-17-4-2-3-16(13-17)20-6-8-22-26-27-23(30(22)28-20)15-9-11-25-12-10-15/h2-14,29H,1H3. The number of sulfonamides is 1. The van der Waals surface area contributed by atoms with Crippen LogP contribution < -0.4 is 9.46 Å². The predicted molar refractivity (Wildman–Crippen MR) is 123 cm³/mol. The lowest BCUT2D eigenvalue weighted by atomic mass is 10.1. The van der Waals surface area contributed by atoms with Crippen LogP contribution >= 0.6 is 0 Å². The van der Waals surface area contributed by atoms with Gasteiger partial charge in [0.1, 0.15) is 0 Å². The molecule has 11 heteroatoms. The van der Waals surface area contributed by atoms with E-state index in [0.717, 1.165) is 11.6 Å². The number of fused-ring (bicyclic) bond motifs is 1. The maximum Gasteiger partial charge on any atom is 0.262 e. The molecule has 5 rings (SSSR count). The lowest BCUT2D eigenvalue weighted by molar-refractivity contribution is 0.385. The Bertz CT molecular complexity index is 1610. The number of nitrogens with zero attached hydrogens (tertiary/aromatic N) is 5. The van der Waals surface area contributed by atoms with E-state index in [1.807, 2.05) is 12.1 Å². The van der Waals surface area contributed by atoms with Gasteiger partial charge in [-0.3, -0.25) is 9.71 Å². The summed E-state index contributed by atoms with van der Waals surface area (Å²) in [6, 6.07) is 17.3. The fourth-order valence-electron chi connectivity index (χ4n) is 3.39. The van der Waals surface area contributed by atoms with Gasteiger partial charge in [-0.05, 0) is 54.6 Å². The number of ether oxygens (including phenoxy) is 1. The van der Waals surface area contributed by atoms with Gasteiger partial charge >= 0.3 is 0 Å². The molecule has 0 amide bonds. The highest BCUT2D eigenvalue weighted by atomic mass is 32.2. The van der Waals surface area contributed by atoms with E-state index in [4.69, 9.17) is 4.74 Å². The largest absolute Gasteiger partial charge is 0.494 e. The van der Waals surface area contributed by atoms with Crippen LogP contribution in [0.15, 0.2) is 84.0 Å². The van der Waals surface area contributed by atoms with Crippen LogP contribution in [0.4, 0.5) is 10.1 Å². The molecule has 1 N–H and O–H groups in total. The molecule has 0 aliphatic rings. The van der Waals surface area contributed by atoms with Gasteiger partial charge in [0.15, 0.2) is 23.0 Å². The van der Waals surface area contributed by atoms with Crippen LogP contribution in [0.25, 0.3) is 28.3 Å². The number of methoxy groups -OCH3 is 1. The molecule has 2 aromatic carbocycles. The van der Waals surface area contributed by atoms with Gasteiger partial charge in [0.2, 0.25) is 0 Å². The molecule has 0 radical (unpaired) electrons. The number of anilines is 1. The molecule has 0 aliphatic carbocycles. The van der Waals surface area contributed by atoms with E-state index in [0.29, 0.717) is 28.4 Å². The summed E-state index contributed by atoms with van der Waals surface area (Å²) in [6.45, 7) is 0. The Labute approximate surface area is 193 Å². The number of nitrogens with one attached hydrogen (secondary N) is 1. The van der Waals surface area contributed by atoms with Crippen LogP contribution in [0, 0.1) is 5.82 Å². The number of hydrogen-bond donors (Lipinski definition) is 1. The lowest BCUT2D eigenvalue weighted by Crippen LogP contribution is -2.13. The minimum absolute atomic E-state index is 0.0393. The van der Waals surface area contributed by atoms with E-state index in [1.54, 1.807) is 53.3 Å². The van der Waals surface area contributed by atoms with E-state index < -0.39 is 15.8 Å². The van der Waals surface area contributed by atoms with Crippen molar-refractivity contribution in [1.82, 2.24) is 24.8 Å². The van der Waals surface area contributed by atoms with Crippen LogP contribution in [-0.4, -0.2) is 40.3 Å². The average molecular weight is 476 g/mol. The molecule has 0 atom stereocenters. The maximum absolute atomic E-state index is 14.0. The fourth-order valence-corrected chi connectivity index (χ4v) is 4.46. The summed E-state index contributed by atoms with van der Waals surface area (Å²) in [5.41, 5.74) is 2.92. The monoisotopic (exact) mass is 476 g/mol. The van der Waals surface area contributed by atoms with E-state index in [9.17, 15) is 12.8 Å². The molecule has 34 heavy (non-hydrogen) atoms. The first-order chi connectivity index (χ1) is 16.4. The third kappa shape index (κ3) is 4.04. The zero-order chi connectivity index (χ0) is 23.7. The summed E-state index contributed by atoms with van der Waals surface area (Å²) in [7, 11) is -2.72. The molecule has 0 spiro atoms. The van der Waals surface area contributed by atoms with E-state index >= 15 is 0 Å². The normalized spacial score (nSPS) is 11.5. The SMILES string of the molecule is COc1ccc(S(=O)(=O)Nc2cccc(-c3ccc4nnc(-c5ccncc5)n4n3)c2)cc1F. The molecule has 0 saturated heterocycles. The highest BCUT2D eigenvalue weighted by Crippen LogP contribution is 2.26. The van der Waals surface area contributed by atoms with Crippen LogP contribution in [0.5, 0.6) is 5.75 Å². The highest BCUT2D eigenvalue weighted by Gasteiger charge is 2.18. The van der Waals surface area contributed by atoms with Crippen molar-refractivity contribution >= 4 is 21.4 Å². The number of pyridine rings is 1. The van der Waals surface area contributed by atoms with Crippen LogP contribution in [0.2, 0.25) is 0 Å². The average Bonchev–Trinajstić information content (AvgIpc) is 3.28. The van der Waals surface area contributed by atoms with Crippen LogP contribution in [0.1, 0.15) is 0 Å². The second-order valence-corrected chi connectivity index (χ2v) is 8.91. The third-order valence-corrected chi connectivity index (χ3v) is 6.42. The molecule has 0 saturated carbocycles. The quantitative estimate of drug-likeness (QED) is 0.397. The molecule has 5 aromatic rings.